The average Bonchev–Trinajstić information content (AvgIpc) is 3.42. The molecule has 9 heteroatoms. The van der Waals surface area contributed by atoms with Gasteiger partial charge in [-0.1, -0.05) is 12.1 Å². The lowest BCUT2D eigenvalue weighted by Crippen LogP contribution is -2.31. The molecule has 34 heavy (non-hydrogen) atoms. The van der Waals surface area contributed by atoms with Gasteiger partial charge in [0.1, 0.15) is 5.69 Å². The van der Waals surface area contributed by atoms with E-state index in [-0.39, 0.29) is 11.9 Å². The van der Waals surface area contributed by atoms with Gasteiger partial charge in [0.2, 0.25) is 0 Å². The summed E-state index contributed by atoms with van der Waals surface area (Å²) in [4.78, 5) is 27.1. The summed E-state index contributed by atoms with van der Waals surface area (Å²) in [5.74, 6) is 0.621. The van der Waals surface area contributed by atoms with Crippen LogP contribution in [0, 0.1) is 0 Å². The van der Waals surface area contributed by atoms with Gasteiger partial charge >= 0.3 is 5.97 Å². The van der Waals surface area contributed by atoms with Crippen LogP contribution < -0.4 is 9.47 Å². The Bertz CT molecular complexity index is 1190. The molecule has 9 nitrogen and oxygen atoms in total. The topological polar surface area (TPSA) is 103 Å². The van der Waals surface area contributed by atoms with E-state index in [9.17, 15) is 9.59 Å². The van der Waals surface area contributed by atoms with Gasteiger partial charge in [-0.15, -0.1) is 0 Å². The number of nitrogens with one attached hydrogen (secondary N) is 1. The standard InChI is InChI=1S/C25H27N3O6/c1-31-13-5-12-28-23(15-6-8-16(9-7-15)25(30)34-4)20-21(26-27-22(20)24(28)29)17-10-11-18(32-2)19(14-17)33-3/h6-11,14,23H,5,12-13H2,1-4H3,(H,26,27). The van der Waals surface area contributed by atoms with Crippen molar-refractivity contribution in [2.24, 2.45) is 0 Å². The van der Waals surface area contributed by atoms with Crippen LogP contribution in [0.2, 0.25) is 0 Å². The molecule has 2 heterocycles. The highest BCUT2D eigenvalue weighted by Crippen LogP contribution is 2.44. The van der Waals surface area contributed by atoms with Crippen LogP contribution in [0.4, 0.5) is 0 Å². The first kappa shape index (κ1) is 23.3. The Morgan fingerprint density at radius 1 is 1.03 bits per heavy atom. The van der Waals surface area contributed by atoms with E-state index < -0.39 is 5.97 Å². The molecule has 1 aliphatic heterocycles. The number of aromatic amines is 1. The van der Waals surface area contributed by atoms with Gasteiger partial charge in [-0.3, -0.25) is 9.89 Å². The molecule has 4 rings (SSSR count). The fourth-order valence-electron chi connectivity index (χ4n) is 4.28. The molecular weight excluding hydrogens is 438 g/mol. The Kier molecular flexibility index (Phi) is 6.83. The fraction of sp³-hybridized carbons (Fsp3) is 0.320. The van der Waals surface area contributed by atoms with Crippen molar-refractivity contribution in [2.75, 3.05) is 41.6 Å². The van der Waals surface area contributed by atoms with Crippen LogP contribution in [0.5, 0.6) is 11.5 Å². The average molecular weight is 466 g/mol. The van der Waals surface area contributed by atoms with Crippen LogP contribution in [0.25, 0.3) is 11.3 Å². The summed E-state index contributed by atoms with van der Waals surface area (Å²) in [7, 11) is 6.13. The van der Waals surface area contributed by atoms with E-state index in [4.69, 9.17) is 18.9 Å². The molecule has 1 unspecified atom stereocenters. The zero-order valence-corrected chi connectivity index (χ0v) is 19.6. The van der Waals surface area contributed by atoms with Gasteiger partial charge in [-0.2, -0.15) is 5.10 Å². The first-order chi connectivity index (χ1) is 16.5. The smallest absolute Gasteiger partial charge is 0.337 e. The summed E-state index contributed by atoms with van der Waals surface area (Å²) >= 11 is 0. The maximum atomic E-state index is 13.4. The summed E-state index contributed by atoms with van der Waals surface area (Å²) in [6, 6.07) is 12.2. The van der Waals surface area contributed by atoms with E-state index >= 15 is 0 Å². The number of fused-ring (bicyclic) bond motifs is 1. The van der Waals surface area contributed by atoms with Gasteiger partial charge in [0.05, 0.1) is 38.6 Å². The van der Waals surface area contributed by atoms with Crippen LogP contribution >= 0.6 is 0 Å². The number of rotatable bonds is 9. The quantitative estimate of drug-likeness (QED) is 0.381. The third-order valence-electron chi connectivity index (χ3n) is 5.92. The molecule has 1 aliphatic rings. The van der Waals surface area contributed by atoms with Crippen LogP contribution in [0.1, 0.15) is 44.4 Å². The van der Waals surface area contributed by atoms with E-state index in [1.54, 1.807) is 38.4 Å². The predicted octanol–water partition coefficient (Wildman–Crippen LogP) is 3.46. The molecule has 1 N–H and O–H groups in total. The number of amides is 1. The van der Waals surface area contributed by atoms with Crippen molar-refractivity contribution in [2.45, 2.75) is 12.5 Å². The van der Waals surface area contributed by atoms with Gasteiger partial charge in [0.25, 0.3) is 5.91 Å². The number of carbonyl (C=O) groups excluding carboxylic acids is 2. The SMILES string of the molecule is COCCCN1C(=O)c2[nH]nc(-c3ccc(OC)c(OC)c3)c2C1c1ccc(C(=O)OC)cc1. The molecule has 0 bridgehead atoms. The van der Waals surface area contributed by atoms with Gasteiger partial charge < -0.3 is 23.8 Å². The first-order valence-corrected chi connectivity index (χ1v) is 10.8. The lowest BCUT2D eigenvalue weighted by Gasteiger charge is -2.26. The summed E-state index contributed by atoms with van der Waals surface area (Å²) in [6.07, 6.45) is 0.683. The Hall–Kier alpha value is -3.85. The Morgan fingerprint density at radius 2 is 1.76 bits per heavy atom. The predicted molar refractivity (Wildman–Crippen MR) is 124 cm³/mol. The number of hydrogen-bond acceptors (Lipinski definition) is 7. The molecular formula is C25H27N3O6. The fourth-order valence-corrected chi connectivity index (χ4v) is 4.28. The molecule has 1 amide bonds. The van der Waals surface area contributed by atoms with Crippen molar-refractivity contribution in [3.05, 3.63) is 64.8 Å². The zero-order valence-electron chi connectivity index (χ0n) is 19.6. The monoisotopic (exact) mass is 465 g/mol. The van der Waals surface area contributed by atoms with E-state index in [0.29, 0.717) is 48.0 Å². The van der Waals surface area contributed by atoms with Crippen molar-refractivity contribution in [1.29, 1.82) is 0 Å². The lowest BCUT2D eigenvalue weighted by molar-refractivity contribution is 0.0599. The number of carbonyl (C=O) groups is 2. The number of benzene rings is 2. The zero-order chi connectivity index (χ0) is 24.2. The van der Waals surface area contributed by atoms with Gasteiger partial charge in [0, 0.05) is 31.4 Å². The molecule has 1 aromatic heterocycles. The van der Waals surface area contributed by atoms with E-state index in [1.807, 2.05) is 30.3 Å². The molecule has 2 aromatic carbocycles. The molecule has 1 atom stereocenters. The Morgan fingerprint density at radius 3 is 2.41 bits per heavy atom. The minimum absolute atomic E-state index is 0.132. The van der Waals surface area contributed by atoms with Gasteiger partial charge in [-0.05, 0) is 42.3 Å². The summed E-state index contributed by atoms with van der Waals surface area (Å²) in [5.41, 5.74) is 3.97. The van der Waals surface area contributed by atoms with Crippen LogP contribution in [0.15, 0.2) is 42.5 Å². The Balaban J connectivity index is 1.80. The Labute approximate surface area is 197 Å². The van der Waals surface area contributed by atoms with E-state index in [0.717, 1.165) is 16.7 Å². The second kappa shape index (κ2) is 9.96. The second-order valence-electron chi connectivity index (χ2n) is 7.79. The molecule has 0 fully saturated rings. The number of H-pyrrole nitrogens is 1. The van der Waals surface area contributed by atoms with Crippen molar-refractivity contribution in [3.8, 4) is 22.8 Å². The van der Waals surface area contributed by atoms with Crippen molar-refractivity contribution >= 4 is 11.9 Å². The van der Waals surface area contributed by atoms with Crippen LogP contribution in [-0.2, 0) is 9.47 Å². The highest BCUT2D eigenvalue weighted by molar-refractivity contribution is 6.00. The molecule has 0 saturated carbocycles. The summed E-state index contributed by atoms with van der Waals surface area (Å²) < 4.78 is 20.8. The normalized spacial score (nSPS) is 14.8. The molecule has 178 valence electrons. The highest BCUT2D eigenvalue weighted by Gasteiger charge is 2.42. The van der Waals surface area contributed by atoms with Crippen molar-refractivity contribution in [1.82, 2.24) is 15.1 Å². The largest absolute Gasteiger partial charge is 0.493 e. The number of aromatic nitrogens is 2. The molecule has 0 radical (unpaired) electrons. The molecule has 0 saturated heterocycles. The number of hydrogen-bond donors (Lipinski definition) is 1. The number of nitrogens with zero attached hydrogens (tertiary/aromatic N) is 2. The lowest BCUT2D eigenvalue weighted by atomic mass is 9.95. The molecule has 0 spiro atoms. The maximum absolute atomic E-state index is 13.4. The minimum Gasteiger partial charge on any atom is -0.493 e. The second-order valence-corrected chi connectivity index (χ2v) is 7.79. The number of ether oxygens (including phenoxy) is 4. The summed E-state index contributed by atoms with van der Waals surface area (Å²) in [5, 5.41) is 7.43. The highest BCUT2D eigenvalue weighted by atomic mass is 16.5. The third kappa shape index (κ3) is 4.10. The molecule has 0 aliphatic carbocycles. The first-order valence-electron chi connectivity index (χ1n) is 10.8. The van der Waals surface area contributed by atoms with Crippen molar-refractivity contribution < 1.29 is 28.5 Å². The van der Waals surface area contributed by atoms with Crippen LogP contribution in [-0.4, -0.2) is 68.6 Å². The number of methoxy groups -OCH3 is 4. The van der Waals surface area contributed by atoms with Crippen molar-refractivity contribution in [3.63, 3.8) is 0 Å². The van der Waals surface area contributed by atoms with Gasteiger partial charge in [-0.25, -0.2) is 4.79 Å². The van der Waals surface area contributed by atoms with Crippen LogP contribution in [0.3, 0.4) is 0 Å². The van der Waals surface area contributed by atoms with E-state index in [2.05, 4.69) is 10.2 Å². The minimum atomic E-state index is -0.416. The van der Waals surface area contributed by atoms with E-state index in [1.165, 1.54) is 7.11 Å². The maximum Gasteiger partial charge on any atom is 0.337 e. The number of esters is 1. The third-order valence-corrected chi connectivity index (χ3v) is 5.92. The molecule has 3 aromatic rings. The van der Waals surface area contributed by atoms with Gasteiger partial charge in [0.15, 0.2) is 11.5 Å². The summed E-state index contributed by atoms with van der Waals surface area (Å²) in [6.45, 7) is 1.04.